The number of hydrogen-bond donors (Lipinski definition) is 1. The van der Waals surface area contributed by atoms with Crippen molar-refractivity contribution in [2.75, 3.05) is 16.8 Å². The van der Waals surface area contributed by atoms with Gasteiger partial charge in [-0.25, -0.2) is 9.59 Å². The lowest BCUT2D eigenvalue weighted by molar-refractivity contribution is 0.0636. The molecular weight excluding hydrogens is 382 g/mol. The third-order valence-electron chi connectivity index (χ3n) is 6.17. The molecule has 0 spiro atoms. The number of aromatic nitrogens is 1. The minimum atomic E-state index is -0.601. The fraction of sp³-hybridized carbons (Fsp3) is 0.609. The van der Waals surface area contributed by atoms with Crippen molar-refractivity contribution < 1.29 is 13.9 Å². The summed E-state index contributed by atoms with van der Waals surface area (Å²) in [6, 6.07) is 4.36. The van der Waals surface area contributed by atoms with Crippen LogP contribution in [-0.2, 0) is 4.74 Å². The maximum atomic E-state index is 12.9. The standard InChI is InChI=1S/C23H31N3O4/c1-14-16(25-22(28)30-23(2,3)4)11-12-17-19(14)20(27)29-21(24-17)26-13-7-9-15-8-5-6-10-18(15)26/h11-12,15,18H,5-10,13H2,1-4H3,(H,25,28). The third-order valence-corrected chi connectivity index (χ3v) is 6.17. The first-order valence-corrected chi connectivity index (χ1v) is 10.9. The number of anilines is 2. The monoisotopic (exact) mass is 413 g/mol. The number of aryl methyl sites for hydroxylation is 1. The van der Waals surface area contributed by atoms with E-state index in [9.17, 15) is 9.59 Å². The molecule has 1 aromatic heterocycles. The van der Waals surface area contributed by atoms with E-state index in [1.54, 1.807) is 39.8 Å². The predicted octanol–water partition coefficient (Wildman–Crippen LogP) is 5.00. The fourth-order valence-corrected chi connectivity index (χ4v) is 4.84. The quantitative estimate of drug-likeness (QED) is 0.746. The molecule has 4 rings (SSSR count). The molecule has 1 aliphatic heterocycles. The van der Waals surface area contributed by atoms with Crippen LogP contribution in [0.5, 0.6) is 0 Å². The maximum Gasteiger partial charge on any atom is 0.412 e. The first-order chi connectivity index (χ1) is 14.2. The largest absolute Gasteiger partial charge is 0.444 e. The predicted molar refractivity (Wildman–Crippen MR) is 117 cm³/mol. The maximum absolute atomic E-state index is 12.9. The zero-order valence-corrected chi connectivity index (χ0v) is 18.3. The second-order valence-corrected chi connectivity index (χ2v) is 9.49. The molecule has 1 aromatic carbocycles. The van der Waals surface area contributed by atoms with E-state index in [0.717, 1.165) is 19.4 Å². The molecule has 1 N–H and O–H groups in total. The Bertz CT molecular complexity index is 1010. The van der Waals surface area contributed by atoms with Crippen LogP contribution in [0, 0.1) is 12.8 Å². The van der Waals surface area contributed by atoms with Gasteiger partial charge < -0.3 is 14.1 Å². The van der Waals surface area contributed by atoms with Crippen molar-refractivity contribution in [2.45, 2.75) is 77.9 Å². The first kappa shape index (κ1) is 20.7. The molecule has 162 valence electrons. The molecule has 7 nitrogen and oxygen atoms in total. The topological polar surface area (TPSA) is 84.7 Å². The van der Waals surface area contributed by atoms with Crippen LogP contribution in [-0.4, -0.2) is 29.3 Å². The summed E-state index contributed by atoms with van der Waals surface area (Å²) in [5, 5.41) is 3.11. The molecule has 7 heteroatoms. The molecule has 2 heterocycles. The number of benzene rings is 1. The summed E-state index contributed by atoms with van der Waals surface area (Å²) in [4.78, 5) is 32.0. The highest BCUT2D eigenvalue weighted by molar-refractivity contribution is 5.93. The van der Waals surface area contributed by atoms with E-state index in [4.69, 9.17) is 14.1 Å². The number of rotatable bonds is 2. The Labute approximate surface area is 176 Å². The van der Waals surface area contributed by atoms with Crippen molar-refractivity contribution in [3.05, 3.63) is 28.1 Å². The number of ether oxygens (including phenoxy) is 1. The summed E-state index contributed by atoms with van der Waals surface area (Å²) < 4.78 is 11.0. The summed E-state index contributed by atoms with van der Waals surface area (Å²) in [5.41, 5.74) is 0.712. The Balaban J connectivity index is 1.65. The average molecular weight is 414 g/mol. The molecular formula is C23H31N3O4. The molecule has 0 bridgehead atoms. The normalized spacial score (nSPS) is 21.9. The summed E-state index contributed by atoms with van der Waals surface area (Å²) in [6.45, 7) is 8.07. The van der Waals surface area contributed by atoms with Crippen LogP contribution in [0.1, 0.15) is 64.9 Å². The van der Waals surface area contributed by atoms with Crippen LogP contribution >= 0.6 is 0 Å². The van der Waals surface area contributed by atoms with E-state index in [0.29, 0.717) is 40.1 Å². The summed E-state index contributed by atoms with van der Waals surface area (Å²) in [6.07, 6.45) is 6.67. The number of piperidine rings is 1. The summed E-state index contributed by atoms with van der Waals surface area (Å²) in [5.74, 6) is 0.664. The Kier molecular flexibility index (Phi) is 5.47. The lowest BCUT2D eigenvalue weighted by Crippen LogP contribution is -2.47. The molecule has 2 fully saturated rings. The van der Waals surface area contributed by atoms with Crippen molar-refractivity contribution in [2.24, 2.45) is 5.92 Å². The molecule has 2 unspecified atom stereocenters. The SMILES string of the molecule is Cc1c(NC(=O)OC(C)(C)C)ccc2nc(N3CCCC4CCCCC43)oc(=O)c12. The van der Waals surface area contributed by atoms with Gasteiger partial charge in [0.15, 0.2) is 0 Å². The number of amides is 1. The van der Waals surface area contributed by atoms with Crippen molar-refractivity contribution in [3.63, 3.8) is 0 Å². The van der Waals surface area contributed by atoms with Gasteiger partial charge in [0.25, 0.3) is 0 Å². The lowest BCUT2D eigenvalue weighted by Gasteiger charge is -2.43. The first-order valence-electron chi connectivity index (χ1n) is 10.9. The number of nitrogens with one attached hydrogen (secondary N) is 1. The van der Waals surface area contributed by atoms with Crippen molar-refractivity contribution in [1.29, 1.82) is 0 Å². The molecule has 30 heavy (non-hydrogen) atoms. The van der Waals surface area contributed by atoms with Gasteiger partial charge in [-0.05, 0) is 77.0 Å². The highest BCUT2D eigenvalue weighted by atomic mass is 16.6. The van der Waals surface area contributed by atoms with E-state index in [2.05, 4.69) is 10.2 Å². The Hall–Kier alpha value is -2.57. The Morgan fingerprint density at radius 3 is 2.70 bits per heavy atom. The highest BCUT2D eigenvalue weighted by Gasteiger charge is 2.35. The van der Waals surface area contributed by atoms with Gasteiger partial charge in [0.05, 0.1) is 10.9 Å². The molecule has 2 aliphatic rings. The minimum Gasteiger partial charge on any atom is -0.444 e. The van der Waals surface area contributed by atoms with Gasteiger partial charge in [-0.2, -0.15) is 4.98 Å². The number of nitrogens with zero attached hydrogens (tertiary/aromatic N) is 2. The molecule has 2 atom stereocenters. The number of carbonyl (C=O) groups is 1. The molecule has 1 aliphatic carbocycles. The van der Waals surface area contributed by atoms with E-state index < -0.39 is 17.3 Å². The number of carbonyl (C=O) groups excluding carboxylic acids is 1. The van der Waals surface area contributed by atoms with Gasteiger partial charge >= 0.3 is 17.7 Å². The van der Waals surface area contributed by atoms with Gasteiger partial charge in [-0.1, -0.05) is 12.8 Å². The van der Waals surface area contributed by atoms with E-state index in [1.807, 2.05) is 0 Å². The third kappa shape index (κ3) is 4.16. The molecule has 1 amide bonds. The van der Waals surface area contributed by atoms with Crippen LogP contribution in [0.4, 0.5) is 16.5 Å². The second kappa shape index (κ2) is 7.93. The van der Waals surface area contributed by atoms with Crippen molar-refractivity contribution >= 4 is 28.7 Å². The Morgan fingerprint density at radius 1 is 1.20 bits per heavy atom. The van der Waals surface area contributed by atoms with E-state index >= 15 is 0 Å². The highest BCUT2D eigenvalue weighted by Crippen LogP contribution is 2.37. The van der Waals surface area contributed by atoms with Gasteiger partial charge in [0, 0.05) is 18.3 Å². The average Bonchev–Trinajstić information content (AvgIpc) is 2.68. The van der Waals surface area contributed by atoms with Crippen LogP contribution in [0.15, 0.2) is 21.3 Å². The van der Waals surface area contributed by atoms with Gasteiger partial charge in [0.2, 0.25) is 0 Å². The number of fused-ring (bicyclic) bond motifs is 2. The van der Waals surface area contributed by atoms with E-state index in [1.165, 1.54) is 25.7 Å². The van der Waals surface area contributed by atoms with Crippen LogP contribution in [0.25, 0.3) is 10.9 Å². The minimum absolute atomic E-state index is 0.393. The van der Waals surface area contributed by atoms with Gasteiger partial charge in [0.1, 0.15) is 5.60 Å². The zero-order valence-electron chi connectivity index (χ0n) is 18.3. The van der Waals surface area contributed by atoms with Crippen LogP contribution in [0.2, 0.25) is 0 Å². The fourth-order valence-electron chi connectivity index (χ4n) is 4.84. The molecule has 1 saturated carbocycles. The molecule has 0 radical (unpaired) electrons. The second-order valence-electron chi connectivity index (χ2n) is 9.49. The van der Waals surface area contributed by atoms with Crippen LogP contribution in [0.3, 0.4) is 0 Å². The van der Waals surface area contributed by atoms with Crippen molar-refractivity contribution in [3.8, 4) is 0 Å². The Morgan fingerprint density at radius 2 is 1.93 bits per heavy atom. The lowest BCUT2D eigenvalue weighted by atomic mass is 9.78. The van der Waals surface area contributed by atoms with Gasteiger partial charge in [-0.3, -0.25) is 5.32 Å². The zero-order chi connectivity index (χ0) is 21.5. The summed E-state index contributed by atoms with van der Waals surface area (Å²) >= 11 is 0. The number of hydrogen-bond acceptors (Lipinski definition) is 6. The molecule has 2 aromatic rings. The summed E-state index contributed by atoms with van der Waals surface area (Å²) in [7, 11) is 0. The van der Waals surface area contributed by atoms with Gasteiger partial charge in [-0.15, -0.1) is 0 Å². The van der Waals surface area contributed by atoms with Crippen LogP contribution < -0.4 is 15.8 Å². The van der Waals surface area contributed by atoms with E-state index in [-0.39, 0.29) is 0 Å². The molecule has 1 saturated heterocycles. The van der Waals surface area contributed by atoms with Crippen molar-refractivity contribution in [1.82, 2.24) is 4.98 Å². The smallest absolute Gasteiger partial charge is 0.412 e.